The summed E-state index contributed by atoms with van der Waals surface area (Å²) in [5, 5.41) is 3.90. The van der Waals surface area contributed by atoms with E-state index < -0.39 is 22.1 Å². The van der Waals surface area contributed by atoms with Crippen molar-refractivity contribution in [3.8, 4) is 0 Å². The Labute approximate surface area is 222 Å². The van der Waals surface area contributed by atoms with Gasteiger partial charge in [-0.2, -0.15) is 0 Å². The predicted octanol–water partition coefficient (Wildman–Crippen LogP) is 7.56. The molecule has 1 aliphatic rings. The van der Waals surface area contributed by atoms with Crippen molar-refractivity contribution in [1.29, 1.82) is 0 Å². The molecule has 0 saturated heterocycles. The highest BCUT2D eigenvalue weighted by Gasteiger charge is 2.67. The van der Waals surface area contributed by atoms with Crippen LogP contribution in [0.4, 0.5) is 11.4 Å². The molecule has 175 valence electrons. The van der Waals surface area contributed by atoms with Gasteiger partial charge in [0.05, 0.1) is 16.5 Å². The van der Waals surface area contributed by atoms with Crippen LogP contribution in [0.3, 0.4) is 0 Å². The molecular weight excluding hydrogens is 538 g/mol. The zero-order valence-electron chi connectivity index (χ0n) is 18.0. The van der Waals surface area contributed by atoms with Gasteiger partial charge in [-0.15, -0.1) is 23.2 Å². The third-order valence-corrected chi connectivity index (χ3v) is 7.46. The zero-order valence-corrected chi connectivity index (χ0v) is 21.8. The number of hydrogen-bond acceptors (Lipinski definition) is 2. The number of carbonyl (C=O) groups is 2. The maximum atomic E-state index is 13.2. The summed E-state index contributed by atoms with van der Waals surface area (Å²) in [7, 11) is 1.66. The van der Waals surface area contributed by atoms with Crippen molar-refractivity contribution in [2.24, 2.45) is 5.92 Å². The third kappa shape index (κ3) is 4.89. The molecular formula is C25H18Cl5N2O2. The lowest BCUT2D eigenvalue weighted by atomic mass is 10.1. The Morgan fingerprint density at radius 3 is 2.35 bits per heavy atom. The van der Waals surface area contributed by atoms with Crippen LogP contribution in [0.2, 0.25) is 15.1 Å². The van der Waals surface area contributed by atoms with Crippen molar-refractivity contribution in [3.05, 3.63) is 92.4 Å². The second-order valence-corrected chi connectivity index (χ2v) is 10.8. The Balaban J connectivity index is 1.55. The van der Waals surface area contributed by atoms with Gasteiger partial charge in [-0.25, -0.2) is 0 Å². The van der Waals surface area contributed by atoms with E-state index in [1.807, 2.05) is 6.92 Å². The topological polar surface area (TPSA) is 49.4 Å². The maximum absolute atomic E-state index is 13.2. The normalized spacial score (nSPS) is 18.3. The van der Waals surface area contributed by atoms with Gasteiger partial charge in [-0.3, -0.25) is 9.59 Å². The van der Waals surface area contributed by atoms with Gasteiger partial charge in [-0.1, -0.05) is 40.9 Å². The summed E-state index contributed by atoms with van der Waals surface area (Å²) >= 11 is 31.4. The average molecular weight is 556 g/mol. The summed E-state index contributed by atoms with van der Waals surface area (Å²) in [6, 6.07) is 17.9. The van der Waals surface area contributed by atoms with Gasteiger partial charge in [0.1, 0.15) is 4.33 Å². The summed E-state index contributed by atoms with van der Waals surface area (Å²) in [5.74, 6) is -1.93. The van der Waals surface area contributed by atoms with Crippen LogP contribution in [0, 0.1) is 18.9 Å². The number of alkyl halides is 2. The minimum absolute atomic E-state index is 0.242. The minimum atomic E-state index is -1.31. The molecule has 0 bridgehead atoms. The number of aryl methyl sites for hydroxylation is 1. The SMILES string of the molecule is Cc1c[c]ccc1N(C)C(=O)c1cc(NC(=O)C2C(c3cc(Cl)cc(Cl)c3)C2(Cl)Cl)ccc1Cl. The van der Waals surface area contributed by atoms with E-state index in [9.17, 15) is 9.59 Å². The average Bonchev–Trinajstić information content (AvgIpc) is 3.36. The number of nitrogens with zero attached hydrogens (tertiary/aromatic N) is 1. The molecule has 3 aromatic carbocycles. The number of anilines is 2. The molecule has 3 aromatic rings. The standard InChI is InChI=1S/C25H18Cl5N2O2/c1-13-5-3-4-6-20(13)32(2)24(34)18-12-17(7-8-19(18)28)31-23(33)22-21(25(22,29)30)14-9-15(26)11-16(27)10-14/h4-12,21-22H,1-2H3,(H,31,33). The number of amides is 2. The number of nitrogens with one attached hydrogen (secondary N) is 1. The Kier molecular flexibility index (Phi) is 7.10. The number of hydrogen-bond donors (Lipinski definition) is 1. The van der Waals surface area contributed by atoms with Crippen molar-refractivity contribution in [3.63, 3.8) is 0 Å². The largest absolute Gasteiger partial charge is 0.326 e. The van der Waals surface area contributed by atoms with Gasteiger partial charge in [0.15, 0.2) is 0 Å². The van der Waals surface area contributed by atoms with Crippen molar-refractivity contribution < 1.29 is 9.59 Å². The van der Waals surface area contributed by atoms with E-state index in [0.717, 1.165) is 11.3 Å². The molecule has 4 nitrogen and oxygen atoms in total. The molecule has 0 aliphatic heterocycles. The van der Waals surface area contributed by atoms with Crippen LogP contribution in [-0.4, -0.2) is 23.2 Å². The lowest BCUT2D eigenvalue weighted by molar-refractivity contribution is -0.117. The van der Waals surface area contributed by atoms with E-state index >= 15 is 0 Å². The van der Waals surface area contributed by atoms with Gasteiger partial charge in [-0.05, 0) is 72.6 Å². The fraction of sp³-hybridized carbons (Fsp3) is 0.200. The Morgan fingerprint density at radius 2 is 1.71 bits per heavy atom. The first-order valence-corrected chi connectivity index (χ1v) is 12.1. The second kappa shape index (κ2) is 9.60. The predicted molar refractivity (Wildman–Crippen MR) is 140 cm³/mol. The smallest absolute Gasteiger partial charge is 0.259 e. The molecule has 1 saturated carbocycles. The van der Waals surface area contributed by atoms with Gasteiger partial charge < -0.3 is 10.2 Å². The Morgan fingerprint density at radius 1 is 1.03 bits per heavy atom. The molecule has 34 heavy (non-hydrogen) atoms. The van der Waals surface area contributed by atoms with E-state index in [-0.39, 0.29) is 16.5 Å². The number of halogens is 5. The molecule has 4 rings (SSSR count). The van der Waals surface area contributed by atoms with E-state index in [4.69, 9.17) is 58.0 Å². The van der Waals surface area contributed by atoms with Crippen molar-refractivity contribution in [2.75, 3.05) is 17.3 Å². The monoisotopic (exact) mass is 553 g/mol. The quantitative estimate of drug-likeness (QED) is 0.330. The first-order valence-electron chi connectivity index (χ1n) is 10.2. The lowest BCUT2D eigenvalue weighted by Crippen LogP contribution is -2.27. The number of rotatable bonds is 5. The summed E-state index contributed by atoms with van der Waals surface area (Å²) in [5.41, 5.74) is 2.92. The van der Waals surface area contributed by atoms with E-state index in [1.165, 1.54) is 11.0 Å². The number of benzene rings is 3. The highest BCUT2D eigenvalue weighted by atomic mass is 35.5. The molecule has 1 N–H and O–H groups in total. The Bertz CT molecular complexity index is 1270. The second-order valence-electron chi connectivity index (χ2n) is 8.09. The van der Waals surface area contributed by atoms with Crippen LogP contribution in [0.25, 0.3) is 0 Å². The molecule has 1 aliphatic carbocycles. The van der Waals surface area contributed by atoms with Crippen LogP contribution in [-0.2, 0) is 4.79 Å². The van der Waals surface area contributed by atoms with Crippen LogP contribution in [0.15, 0.2) is 54.6 Å². The molecule has 0 heterocycles. The van der Waals surface area contributed by atoms with E-state index in [0.29, 0.717) is 21.3 Å². The van der Waals surface area contributed by atoms with Crippen molar-refractivity contribution in [2.45, 2.75) is 17.2 Å². The fourth-order valence-corrected chi connectivity index (χ4v) is 5.55. The summed E-state index contributed by atoms with van der Waals surface area (Å²) in [6.45, 7) is 1.89. The van der Waals surface area contributed by atoms with E-state index in [2.05, 4.69) is 11.4 Å². The van der Waals surface area contributed by atoms with Crippen LogP contribution >= 0.6 is 58.0 Å². The van der Waals surface area contributed by atoms with Crippen LogP contribution < -0.4 is 10.2 Å². The number of carbonyl (C=O) groups excluding carboxylic acids is 2. The fourth-order valence-electron chi connectivity index (χ4n) is 3.98. The molecule has 9 heteroatoms. The van der Waals surface area contributed by atoms with Gasteiger partial charge >= 0.3 is 0 Å². The molecule has 1 radical (unpaired) electrons. The molecule has 1 fully saturated rings. The molecule has 2 unspecified atom stereocenters. The van der Waals surface area contributed by atoms with E-state index in [1.54, 1.807) is 55.6 Å². The first-order chi connectivity index (χ1) is 16.0. The van der Waals surface area contributed by atoms with Crippen molar-refractivity contribution in [1.82, 2.24) is 0 Å². The molecule has 2 atom stereocenters. The van der Waals surface area contributed by atoms with Gasteiger partial charge in [0.25, 0.3) is 5.91 Å². The summed E-state index contributed by atoms with van der Waals surface area (Å²) in [4.78, 5) is 27.7. The molecule has 0 spiro atoms. The van der Waals surface area contributed by atoms with Crippen molar-refractivity contribution >= 4 is 81.2 Å². The van der Waals surface area contributed by atoms with Crippen LogP contribution in [0.1, 0.15) is 27.4 Å². The van der Waals surface area contributed by atoms with Crippen LogP contribution in [0.5, 0.6) is 0 Å². The van der Waals surface area contributed by atoms with Gasteiger partial charge in [0.2, 0.25) is 5.91 Å². The first kappa shape index (κ1) is 25.2. The highest BCUT2D eigenvalue weighted by Crippen LogP contribution is 2.65. The highest BCUT2D eigenvalue weighted by molar-refractivity contribution is 6.53. The summed E-state index contributed by atoms with van der Waals surface area (Å²) < 4.78 is -1.31. The molecule has 0 aromatic heterocycles. The van der Waals surface area contributed by atoms with Gasteiger partial charge in [0, 0.05) is 34.4 Å². The molecule has 2 amide bonds. The zero-order chi connectivity index (χ0) is 24.8. The summed E-state index contributed by atoms with van der Waals surface area (Å²) in [6.07, 6.45) is 0. The lowest BCUT2D eigenvalue weighted by Gasteiger charge is -2.20. The Hall–Kier alpha value is -1.95. The third-order valence-electron chi connectivity index (χ3n) is 5.75. The maximum Gasteiger partial charge on any atom is 0.259 e. The minimum Gasteiger partial charge on any atom is -0.326 e.